The molecular formula is C17H21FN4. The molecule has 0 atom stereocenters. The second-order valence-electron chi connectivity index (χ2n) is 6.56. The molecule has 0 unspecified atom stereocenters. The molecule has 1 N–H and O–H groups in total. The van der Waals surface area contributed by atoms with Gasteiger partial charge in [0.05, 0.1) is 17.6 Å². The quantitative estimate of drug-likeness (QED) is 0.942. The molecule has 0 spiro atoms. The SMILES string of the molecule is Cn1cc(Nc2cc3c(cc2F)CCN(CC2CC2)C3)cn1. The van der Waals surface area contributed by atoms with Crippen LogP contribution in [0.25, 0.3) is 0 Å². The lowest BCUT2D eigenvalue weighted by Crippen LogP contribution is -2.32. The monoisotopic (exact) mass is 300 g/mol. The van der Waals surface area contributed by atoms with Gasteiger partial charge in [-0.05, 0) is 48.4 Å². The van der Waals surface area contributed by atoms with Crippen LogP contribution in [0.4, 0.5) is 15.8 Å². The number of rotatable bonds is 4. The molecule has 2 heterocycles. The predicted molar refractivity (Wildman–Crippen MR) is 84.6 cm³/mol. The zero-order valence-corrected chi connectivity index (χ0v) is 12.8. The third kappa shape index (κ3) is 2.86. The van der Waals surface area contributed by atoms with Crippen LogP contribution in [0.1, 0.15) is 24.0 Å². The van der Waals surface area contributed by atoms with Gasteiger partial charge in [-0.2, -0.15) is 5.10 Å². The Morgan fingerprint density at radius 1 is 1.32 bits per heavy atom. The molecule has 0 radical (unpaired) electrons. The molecule has 1 aromatic carbocycles. The molecule has 0 saturated heterocycles. The number of halogens is 1. The van der Waals surface area contributed by atoms with Gasteiger partial charge in [-0.15, -0.1) is 0 Å². The summed E-state index contributed by atoms with van der Waals surface area (Å²) in [6, 6.07) is 3.67. The number of benzene rings is 1. The number of fused-ring (bicyclic) bond motifs is 1. The third-order valence-corrected chi connectivity index (χ3v) is 4.58. The molecule has 1 aliphatic carbocycles. The average molecular weight is 300 g/mol. The Bertz CT molecular complexity index is 690. The van der Waals surface area contributed by atoms with Crippen LogP contribution in [0.2, 0.25) is 0 Å². The fourth-order valence-electron chi connectivity index (χ4n) is 3.20. The Balaban J connectivity index is 1.55. The maximum atomic E-state index is 14.3. The number of nitrogens with one attached hydrogen (secondary N) is 1. The van der Waals surface area contributed by atoms with E-state index in [0.29, 0.717) is 5.69 Å². The van der Waals surface area contributed by atoms with Gasteiger partial charge in [0.25, 0.3) is 0 Å². The summed E-state index contributed by atoms with van der Waals surface area (Å²) in [5.41, 5.74) is 3.76. The average Bonchev–Trinajstić information content (AvgIpc) is 3.21. The molecule has 1 fully saturated rings. The Labute approximate surface area is 129 Å². The van der Waals surface area contributed by atoms with Crippen molar-refractivity contribution in [3.63, 3.8) is 0 Å². The second-order valence-corrected chi connectivity index (χ2v) is 6.56. The molecule has 4 nitrogen and oxygen atoms in total. The van der Waals surface area contributed by atoms with Gasteiger partial charge in [0.2, 0.25) is 0 Å². The standard InChI is InChI=1S/C17H21FN4/c1-21-11-15(8-19-21)20-17-7-14-10-22(9-12-2-3-12)5-4-13(14)6-16(17)18/h6-8,11-12,20H,2-5,9-10H2,1H3. The Morgan fingerprint density at radius 3 is 2.91 bits per heavy atom. The van der Waals surface area contributed by atoms with Gasteiger partial charge in [-0.1, -0.05) is 0 Å². The van der Waals surface area contributed by atoms with E-state index in [1.807, 2.05) is 19.3 Å². The molecule has 2 aromatic rings. The van der Waals surface area contributed by atoms with Gasteiger partial charge >= 0.3 is 0 Å². The van der Waals surface area contributed by atoms with Gasteiger partial charge < -0.3 is 5.32 Å². The summed E-state index contributed by atoms with van der Waals surface area (Å²) < 4.78 is 16.0. The van der Waals surface area contributed by atoms with E-state index in [-0.39, 0.29) is 5.82 Å². The maximum absolute atomic E-state index is 14.3. The largest absolute Gasteiger partial charge is 0.351 e. The number of nitrogens with zero attached hydrogens (tertiary/aromatic N) is 3. The van der Waals surface area contributed by atoms with Crippen molar-refractivity contribution < 1.29 is 4.39 Å². The normalized spacial score (nSPS) is 18.3. The summed E-state index contributed by atoms with van der Waals surface area (Å²) in [7, 11) is 1.85. The van der Waals surface area contributed by atoms with Crippen molar-refractivity contribution in [1.29, 1.82) is 0 Å². The highest BCUT2D eigenvalue weighted by Crippen LogP contribution is 2.32. The third-order valence-electron chi connectivity index (χ3n) is 4.58. The van der Waals surface area contributed by atoms with Gasteiger partial charge in [-0.25, -0.2) is 4.39 Å². The minimum atomic E-state index is -0.182. The van der Waals surface area contributed by atoms with E-state index in [9.17, 15) is 4.39 Å². The first-order valence-corrected chi connectivity index (χ1v) is 7.97. The molecule has 1 saturated carbocycles. The van der Waals surface area contributed by atoms with Crippen LogP contribution in [-0.4, -0.2) is 27.8 Å². The molecule has 4 rings (SSSR count). The molecule has 116 valence electrons. The molecule has 0 amide bonds. The molecule has 2 aliphatic rings. The summed E-state index contributed by atoms with van der Waals surface area (Å²) >= 11 is 0. The molecule has 1 aromatic heterocycles. The van der Waals surface area contributed by atoms with Crippen molar-refractivity contribution >= 4 is 11.4 Å². The van der Waals surface area contributed by atoms with Crippen molar-refractivity contribution in [2.75, 3.05) is 18.4 Å². The van der Waals surface area contributed by atoms with Gasteiger partial charge in [0.1, 0.15) is 5.82 Å². The Morgan fingerprint density at radius 2 is 2.18 bits per heavy atom. The highest BCUT2D eigenvalue weighted by molar-refractivity contribution is 5.61. The summed E-state index contributed by atoms with van der Waals surface area (Å²) in [5.74, 6) is 0.716. The molecule has 1 aliphatic heterocycles. The van der Waals surface area contributed by atoms with E-state index in [2.05, 4.69) is 15.3 Å². The van der Waals surface area contributed by atoms with Crippen molar-refractivity contribution in [2.24, 2.45) is 13.0 Å². The van der Waals surface area contributed by atoms with Gasteiger partial charge in [-0.3, -0.25) is 9.58 Å². The first-order chi connectivity index (χ1) is 10.7. The van der Waals surface area contributed by atoms with Crippen LogP contribution < -0.4 is 5.32 Å². The van der Waals surface area contributed by atoms with E-state index >= 15 is 0 Å². The number of aromatic nitrogens is 2. The Kier molecular flexibility index (Phi) is 3.37. The predicted octanol–water partition coefficient (Wildman–Crippen LogP) is 3.07. The summed E-state index contributed by atoms with van der Waals surface area (Å²) in [5, 5.41) is 7.24. The van der Waals surface area contributed by atoms with Crippen LogP contribution in [0.3, 0.4) is 0 Å². The lowest BCUT2D eigenvalue weighted by molar-refractivity contribution is 0.243. The summed E-state index contributed by atoms with van der Waals surface area (Å²) in [6.07, 6.45) is 7.25. The minimum absolute atomic E-state index is 0.182. The highest BCUT2D eigenvalue weighted by atomic mass is 19.1. The number of hydrogen-bond acceptors (Lipinski definition) is 3. The van der Waals surface area contributed by atoms with Gasteiger partial charge in [0.15, 0.2) is 0 Å². The number of hydrogen-bond donors (Lipinski definition) is 1. The molecule has 0 bridgehead atoms. The second kappa shape index (κ2) is 5.39. The van der Waals surface area contributed by atoms with E-state index in [4.69, 9.17) is 0 Å². The smallest absolute Gasteiger partial charge is 0.146 e. The van der Waals surface area contributed by atoms with Crippen molar-refractivity contribution in [2.45, 2.75) is 25.8 Å². The van der Waals surface area contributed by atoms with E-state index < -0.39 is 0 Å². The van der Waals surface area contributed by atoms with Gasteiger partial charge in [0, 0.05) is 32.9 Å². The van der Waals surface area contributed by atoms with E-state index in [0.717, 1.165) is 36.7 Å². The number of anilines is 2. The van der Waals surface area contributed by atoms with Crippen LogP contribution in [0.5, 0.6) is 0 Å². The summed E-state index contributed by atoms with van der Waals surface area (Å²) in [6.45, 7) is 3.19. The fraction of sp³-hybridized carbons (Fsp3) is 0.471. The Hall–Kier alpha value is -1.88. The van der Waals surface area contributed by atoms with Crippen molar-refractivity contribution in [3.8, 4) is 0 Å². The van der Waals surface area contributed by atoms with E-state index in [1.165, 1.54) is 24.9 Å². The van der Waals surface area contributed by atoms with Crippen LogP contribution in [0, 0.1) is 11.7 Å². The minimum Gasteiger partial charge on any atom is -0.351 e. The number of aryl methyl sites for hydroxylation is 1. The highest BCUT2D eigenvalue weighted by Gasteiger charge is 2.26. The zero-order valence-electron chi connectivity index (χ0n) is 12.8. The van der Waals surface area contributed by atoms with Crippen molar-refractivity contribution in [3.05, 3.63) is 41.5 Å². The van der Waals surface area contributed by atoms with Crippen molar-refractivity contribution in [1.82, 2.24) is 14.7 Å². The lowest BCUT2D eigenvalue weighted by Gasteiger charge is -2.29. The van der Waals surface area contributed by atoms with E-state index in [1.54, 1.807) is 16.9 Å². The topological polar surface area (TPSA) is 33.1 Å². The summed E-state index contributed by atoms with van der Waals surface area (Å²) in [4.78, 5) is 2.51. The molecule has 22 heavy (non-hydrogen) atoms. The fourth-order valence-corrected chi connectivity index (χ4v) is 3.20. The first-order valence-electron chi connectivity index (χ1n) is 7.97. The first kappa shape index (κ1) is 13.8. The molecular weight excluding hydrogens is 279 g/mol. The lowest BCUT2D eigenvalue weighted by atomic mass is 9.98. The maximum Gasteiger partial charge on any atom is 0.146 e. The van der Waals surface area contributed by atoms with Crippen LogP contribution >= 0.6 is 0 Å². The zero-order chi connectivity index (χ0) is 15.1. The molecule has 5 heteroatoms. The van der Waals surface area contributed by atoms with Crippen LogP contribution in [0.15, 0.2) is 24.5 Å². The van der Waals surface area contributed by atoms with Crippen LogP contribution in [-0.2, 0) is 20.0 Å².